The molecule has 0 aliphatic rings. The van der Waals surface area contributed by atoms with E-state index in [1.165, 1.54) is 0 Å². The Kier molecular flexibility index (Phi) is 10.4. The van der Waals surface area contributed by atoms with Crippen LogP contribution < -0.4 is 0 Å². The lowest BCUT2D eigenvalue weighted by Gasteiger charge is -2.26. The van der Waals surface area contributed by atoms with Crippen molar-refractivity contribution in [3.63, 3.8) is 0 Å². The Balaban J connectivity index is 4.06. The fourth-order valence-corrected chi connectivity index (χ4v) is 3.03. The highest BCUT2D eigenvalue weighted by atomic mass is 32.2. The monoisotopic (exact) mass is 358 g/mol. The van der Waals surface area contributed by atoms with Gasteiger partial charge < -0.3 is 18.9 Å². The predicted octanol–water partition coefficient (Wildman–Crippen LogP) is -0.499. The molecule has 0 N–H and O–H groups in total. The van der Waals surface area contributed by atoms with Crippen molar-refractivity contribution in [2.45, 2.75) is 26.7 Å². The number of likely N-dealkylation sites (N-methyl/N-ethyl adjacent to an activating group) is 2. The lowest BCUT2D eigenvalue weighted by molar-refractivity contribution is 0.215. The van der Waals surface area contributed by atoms with E-state index in [1.54, 1.807) is 0 Å². The van der Waals surface area contributed by atoms with E-state index in [0.29, 0.717) is 39.0 Å². The van der Waals surface area contributed by atoms with Gasteiger partial charge in [0.1, 0.15) is 0 Å². The Hall–Kier alpha value is -0.260. The van der Waals surface area contributed by atoms with Gasteiger partial charge in [-0.25, -0.2) is 16.8 Å². The summed E-state index contributed by atoms with van der Waals surface area (Å²) in [6, 6.07) is 0. The van der Waals surface area contributed by atoms with Crippen molar-refractivity contribution in [1.82, 2.24) is 9.80 Å². The summed E-state index contributed by atoms with van der Waals surface area (Å²) in [4.78, 5) is 4.08. The molecule has 0 bridgehead atoms. The van der Waals surface area contributed by atoms with E-state index < -0.39 is 20.2 Å². The molecule has 0 amide bonds. The summed E-state index contributed by atoms with van der Waals surface area (Å²) in [5.74, 6) is -0.718. The molecule has 0 saturated carbocycles. The van der Waals surface area contributed by atoms with Crippen molar-refractivity contribution >= 4 is 20.2 Å². The molecule has 0 unspecified atom stereocenters. The summed E-state index contributed by atoms with van der Waals surface area (Å²) >= 11 is 0. The minimum absolute atomic E-state index is 0.306. The molecule has 0 aliphatic carbocycles. The topological polar surface area (TPSA) is 121 Å². The van der Waals surface area contributed by atoms with E-state index in [9.17, 15) is 25.9 Å². The molecule has 0 heterocycles. The molecule has 0 radical (unpaired) electrons. The van der Waals surface area contributed by atoms with E-state index in [-0.39, 0.29) is 11.5 Å². The van der Waals surface area contributed by atoms with Gasteiger partial charge in [-0.1, -0.05) is 13.8 Å². The maximum absolute atomic E-state index is 10.6. The third-order valence-electron chi connectivity index (χ3n) is 3.36. The molecule has 0 aliphatic heterocycles. The average molecular weight is 358 g/mol. The second-order valence-electron chi connectivity index (χ2n) is 5.10. The highest BCUT2D eigenvalue weighted by molar-refractivity contribution is 7.85. The summed E-state index contributed by atoms with van der Waals surface area (Å²) in [6.07, 6.45) is 0.612. The van der Waals surface area contributed by atoms with E-state index >= 15 is 0 Å². The number of nitrogens with zero attached hydrogens (tertiary/aromatic N) is 2. The van der Waals surface area contributed by atoms with Gasteiger partial charge in [-0.05, 0) is 39.0 Å². The van der Waals surface area contributed by atoms with Crippen LogP contribution in [-0.4, -0.2) is 86.5 Å². The molecule has 10 heteroatoms. The lowest BCUT2D eigenvalue weighted by Crippen LogP contribution is -2.36. The van der Waals surface area contributed by atoms with Crippen molar-refractivity contribution in [1.29, 1.82) is 0 Å². The molecular weight excluding hydrogens is 332 g/mol. The molecular formula is C12H26N2O6S2-2. The molecule has 134 valence electrons. The first-order chi connectivity index (χ1) is 10.1. The zero-order valence-electron chi connectivity index (χ0n) is 13.2. The molecule has 0 spiro atoms. The Labute approximate surface area is 134 Å². The standard InChI is InChI=1S/C12H28N2O6S2/c1-3-13(7-5-11-21(15,16)17)9-10-14(4-2)8-6-12-22(18,19)20/h3-12H2,1-2H3,(H,15,16,17)(H,18,19,20)/p-2. The van der Waals surface area contributed by atoms with Crippen molar-refractivity contribution in [3.8, 4) is 0 Å². The quantitative estimate of drug-likeness (QED) is 0.404. The summed E-state index contributed by atoms with van der Waals surface area (Å²) < 4.78 is 63.3. The Morgan fingerprint density at radius 1 is 0.682 bits per heavy atom. The SMILES string of the molecule is CCN(CCCS(=O)(=O)[O-])CCN(CC)CCCS(=O)(=O)[O-]. The van der Waals surface area contributed by atoms with Gasteiger partial charge in [-0.15, -0.1) is 0 Å². The smallest absolute Gasteiger partial charge is 0.0946 e. The van der Waals surface area contributed by atoms with Crippen LogP contribution in [0.5, 0.6) is 0 Å². The Morgan fingerprint density at radius 2 is 1.00 bits per heavy atom. The van der Waals surface area contributed by atoms with Crippen LogP contribution in [0.15, 0.2) is 0 Å². The van der Waals surface area contributed by atoms with Crippen LogP contribution in [0.1, 0.15) is 26.7 Å². The van der Waals surface area contributed by atoms with Gasteiger partial charge in [-0.2, -0.15) is 0 Å². The van der Waals surface area contributed by atoms with Crippen molar-refractivity contribution in [2.75, 3.05) is 50.8 Å². The second-order valence-corrected chi connectivity index (χ2v) is 8.15. The molecule has 0 saturated heterocycles. The van der Waals surface area contributed by atoms with E-state index in [1.807, 2.05) is 23.6 Å². The van der Waals surface area contributed by atoms with Crippen LogP contribution in [0.3, 0.4) is 0 Å². The molecule has 0 fully saturated rings. The van der Waals surface area contributed by atoms with Gasteiger partial charge in [-0.3, -0.25) is 0 Å². The third-order valence-corrected chi connectivity index (χ3v) is 4.94. The Bertz CT molecular complexity index is 446. The zero-order chi connectivity index (χ0) is 17.2. The fraction of sp³-hybridized carbons (Fsp3) is 1.00. The molecule has 0 aromatic rings. The van der Waals surface area contributed by atoms with Gasteiger partial charge in [0.25, 0.3) is 0 Å². The van der Waals surface area contributed by atoms with Crippen LogP contribution >= 0.6 is 0 Å². The van der Waals surface area contributed by atoms with Gasteiger partial charge in [0.05, 0.1) is 20.2 Å². The van der Waals surface area contributed by atoms with Crippen LogP contribution in [0.25, 0.3) is 0 Å². The van der Waals surface area contributed by atoms with Crippen molar-refractivity contribution < 1.29 is 25.9 Å². The predicted molar refractivity (Wildman–Crippen MR) is 82.6 cm³/mol. The maximum atomic E-state index is 10.6. The summed E-state index contributed by atoms with van der Waals surface area (Å²) in [5, 5.41) is 0. The fourth-order valence-electron chi connectivity index (χ4n) is 2.07. The molecule has 22 heavy (non-hydrogen) atoms. The number of hydrogen-bond acceptors (Lipinski definition) is 8. The first-order valence-corrected chi connectivity index (χ1v) is 10.5. The highest BCUT2D eigenvalue weighted by Crippen LogP contribution is 1.99. The molecule has 0 aromatic heterocycles. The van der Waals surface area contributed by atoms with E-state index in [0.717, 1.165) is 13.1 Å². The molecule has 0 atom stereocenters. The first kappa shape index (κ1) is 21.7. The summed E-state index contributed by atoms with van der Waals surface area (Å²) in [5.41, 5.74) is 0. The first-order valence-electron chi connectivity index (χ1n) is 7.39. The van der Waals surface area contributed by atoms with Crippen LogP contribution in [0.4, 0.5) is 0 Å². The van der Waals surface area contributed by atoms with Crippen LogP contribution in [0.2, 0.25) is 0 Å². The van der Waals surface area contributed by atoms with Gasteiger partial charge in [0.2, 0.25) is 0 Å². The molecule has 0 rings (SSSR count). The molecule has 8 nitrogen and oxygen atoms in total. The third kappa shape index (κ3) is 13.4. The minimum atomic E-state index is -4.16. The van der Waals surface area contributed by atoms with Crippen molar-refractivity contribution in [3.05, 3.63) is 0 Å². The largest absolute Gasteiger partial charge is 0.748 e. The normalized spacial score (nSPS) is 13.2. The zero-order valence-corrected chi connectivity index (χ0v) is 14.9. The summed E-state index contributed by atoms with van der Waals surface area (Å²) in [7, 11) is -8.33. The average Bonchev–Trinajstić information content (AvgIpc) is 2.37. The van der Waals surface area contributed by atoms with Crippen LogP contribution in [0, 0.1) is 0 Å². The van der Waals surface area contributed by atoms with Gasteiger partial charge >= 0.3 is 0 Å². The van der Waals surface area contributed by atoms with Gasteiger partial charge in [0.15, 0.2) is 0 Å². The Morgan fingerprint density at radius 3 is 1.23 bits per heavy atom. The van der Waals surface area contributed by atoms with Crippen LogP contribution in [-0.2, 0) is 20.2 Å². The maximum Gasteiger partial charge on any atom is 0.0946 e. The number of hydrogen-bond donors (Lipinski definition) is 0. The van der Waals surface area contributed by atoms with Gasteiger partial charge in [0, 0.05) is 24.6 Å². The lowest BCUT2D eigenvalue weighted by atomic mass is 10.3. The minimum Gasteiger partial charge on any atom is -0.748 e. The highest BCUT2D eigenvalue weighted by Gasteiger charge is 2.08. The van der Waals surface area contributed by atoms with E-state index in [4.69, 9.17) is 0 Å². The molecule has 0 aromatic carbocycles. The van der Waals surface area contributed by atoms with E-state index in [2.05, 4.69) is 0 Å². The number of rotatable bonds is 13. The van der Waals surface area contributed by atoms with Crippen molar-refractivity contribution in [2.24, 2.45) is 0 Å². The summed E-state index contributed by atoms with van der Waals surface area (Å²) in [6.45, 7) is 7.85. The second kappa shape index (κ2) is 10.5.